The first-order chi connectivity index (χ1) is 26.1. The predicted octanol–water partition coefficient (Wildman–Crippen LogP) is 4.86. The second-order valence-corrected chi connectivity index (χ2v) is 14.2. The molecule has 6 heterocycles. The highest BCUT2D eigenvalue weighted by molar-refractivity contribution is 5.89. The van der Waals surface area contributed by atoms with Crippen molar-refractivity contribution in [1.82, 2.24) is 19.4 Å². The fraction of sp³-hybridized carbons (Fsp3) is 0.400. The van der Waals surface area contributed by atoms with Crippen molar-refractivity contribution in [3.8, 4) is 22.9 Å². The fourth-order valence-electron chi connectivity index (χ4n) is 8.11. The van der Waals surface area contributed by atoms with Crippen molar-refractivity contribution in [2.24, 2.45) is 0 Å². The van der Waals surface area contributed by atoms with Crippen molar-refractivity contribution >= 4 is 34.9 Å². The topological polar surface area (TPSA) is 167 Å². The Kier molecular flexibility index (Phi) is 9.30. The Hall–Kier alpha value is -5.76. The first kappa shape index (κ1) is 35.3. The van der Waals surface area contributed by atoms with Gasteiger partial charge in [-0.2, -0.15) is 0 Å². The van der Waals surface area contributed by atoms with Gasteiger partial charge in [0.25, 0.3) is 5.56 Å². The second kappa shape index (κ2) is 14.2. The van der Waals surface area contributed by atoms with E-state index in [1.54, 1.807) is 40.7 Å². The summed E-state index contributed by atoms with van der Waals surface area (Å²) >= 11 is 0. The van der Waals surface area contributed by atoms with E-state index in [0.29, 0.717) is 41.8 Å². The monoisotopic (exact) mass is 736 g/mol. The zero-order valence-electron chi connectivity index (χ0n) is 29.9. The molecule has 280 valence electrons. The Bertz CT molecular complexity index is 2220. The van der Waals surface area contributed by atoms with Gasteiger partial charge in [0.05, 0.1) is 34.6 Å². The van der Waals surface area contributed by atoms with Crippen LogP contribution in [0.5, 0.6) is 11.5 Å². The zero-order chi connectivity index (χ0) is 37.6. The van der Waals surface area contributed by atoms with Gasteiger partial charge >= 0.3 is 24.0 Å². The normalized spacial score (nSPS) is 19.7. The highest BCUT2D eigenvalue weighted by atomic mass is 16.6. The van der Waals surface area contributed by atoms with E-state index in [9.17, 15) is 24.0 Å². The number of esters is 2. The average Bonchev–Trinajstić information content (AvgIpc) is 3.55. The molecule has 14 nitrogen and oxygen atoms in total. The van der Waals surface area contributed by atoms with Gasteiger partial charge < -0.3 is 38.4 Å². The number of carbonyl (C=O) groups is 4. The molecule has 1 unspecified atom stereocenters. The van der Waals surface area contributed by atoms with Gasteiger partial charge in [0.2, 0.25) is 5.60 Å². The number of fused-ring (bicyclic) bond motifs is 5. The van der Waals surface area contributed by atoms with Crippen LogP contribution in [0.1, 0.15) is 72.5 Å². The molecule has 0 bridgehead atoms. The van der Waals surface area contributed by atoms with Crippen LogP contribution < -0.4 is 15.0 Å². The molecule has 2 fully saturated rings. The van der Waals surface area contributed by atoms with Gasteiger partial charge in [-0.1, -0.05) is 13.3 Å². The van der Waals surface area contributed by atoms with E-state index in [4.69, 9.17) is 29.0 Å². The van der Waals surface area contributed by atoms with Crippen LogP contribution >= 0.6 is 0 Å². The third kappa shape index (κ3) is 6.44. The van der Waals surface area contributed by atoms with E-state index in [2.05, 4.69) is 4.90 Å². The maximum absolute atomic E-state index is 14.0. The van der Waals surface area contributed by atoms with Crippen LogP contribution in [0.3, 0.4) is 0 Å². The van der Waals surface area contributed by atoms with Gasteiger partial charge in [-0.3, -0.25) is 4.79 Å². The molecular formula is C40H40N4O10. The number of aromatic nitrogens is 2. The van der Waals surface area contributed by atoms with Gasteiger partial charge in [0, 0.05) is 35.6 Å². The van der Waals surface area contributed by atoms with Crippen molar-refractivity contribution in [2.75, 3.05) is 32.8 Å². The van der Waals surface area contributed by atoms with Gasteiger partial charge in [0.1, 0.15) is 18.1 Å². The number of benzene rings is 2. The summed E-state index contributed by atoms with van der Waals surface area (Å²) in [6.45, 7) is 4.61. The van der Waals surface area contributed by atoms with Gasteiger partial charge in [-0.15, -0.1) is 0 Å². The first-order valence-electron chi connectivity index (χ1n) is 18.4. The van der Waals surface area contributed by atoms with E-state index in [1.807, 2.05) is 6.07 Å². The molecule has 4 aliphatic rings. The van der Waals surface area contributed by atoms with Crippen molar-refractivity contribution < 1.29 is 43.2 Å². The van der Waals surface area contributed by atoms with E-state index in [-0.39, 0.29) is 53.7 Å². The molecular weight excluding hydrogens is 696 g/mol. The highest BCUT2D eigenvalue weighted by Gasteiger charge is 2.50. The number of nitrogens with zero attached hydrogens (tertiary/aromatic N) is 4. The number of piperidine rings is 2. The number of carboxylic acids is 1. The quantitative estimate of drug-likeness (QED) is 0.216. The lowest BCUT2D eigenvalue weighted by atomic mass is 9.85. The third-order valence-electron chi connectivity index (χ3n) is 11.0. The van der Waals surface area contributed by atoms with Crippen LogP contribution in [-0.2, 0) is 37.8 Å². The van der Waals surface area contributed by atoms with Gasteiger partial charge in [0.15, 0.2) is 6.61 Å². The number of carboxylic acid groups (broad SMARTS) is 1. The van der Waals surface area contributed by atoms with Crippen LogP contribution in [0, 0.1) is 0 Å². The van der Waals surface area contributed by atoms with E-state index >= 15 is 0 Å². The smallest absolute Gasteiger partial charge is 0.415 e. The summed E-state index contributed by atoms with van der Waals surface area (Å²) in [6.07, 6.45) is 5.27. The van der Waals surface area contributed by atoms with Crippen LogP contribution in [0.15, 0.2) is 59.4 Å². The average molecular weight is 737 g/mol. The number of hydrogen-bond acceptors (Lipinski definition) is 11. The second-order valence-electron chi connectivity index (χ2n) is 14.2. The van der Waals surface area contributed by atoms with Crippen molar-refractivity contribution in [1.29, 1.82) is 0 Å². The van der Waals surface area contributed by atoms with Gasteiger partial charge in [-0.25, -0.2) is 24.2 Å². The standard InChI is InChI=1S/C40H40N4O10/c1-2-40(54-34(45)23-51-28-8-6-24(7-9-28)37(47)48)31-20-33-35-26(21-44(33)36(46)30(31)22-52-38(40)49)18-25-19-29(10-11-32(25)41-35)53-39(50)43-16-12-27(13-17-43)42-14-4-3-5-15-42/h6-11,18-20,27H,2-5,12-17,21-23H2,1H3,(H,47,48). The fourth-order valence-corrected chi connectivity index (χ4v) is 8.11. The highest BCUT2D eigenvalue weighted by Crippen LogP contribution is 2.41. The van der Waals surface area contributed by atoms with E-state index < -0.39 is 30.1 Å². The number of likely N-dealkylation sites (tertiary alicyclic amines) is 2. The van der Waals surface area contributed by atoms with Crippen molar-refractivity contribution in [2.45, 2.75) is 70.2 Å². The van der Waals surface area contributed by atoms with Gasteiger partial charge in [-0.05, 0) is 99.8 Å². The number of pyridine rings is 2. The maximum atomic E-state index is 14.0. The van der Waals surface area contributed by atoms with E-state index in [1.165, 1.54) is 43.5 Å². The lowest BCUT2D eigenvalue weighted by Crippen LogP contribution is -2.48. The third-order valence-corrected chi connectivity index (χ3v) is 11.0. The number of aromatic carboxylic acids is 1. The molecule has 54 heavy (non-hydrogen) atoms. The largest absolute Gasteiger partial charge is 0.482 e. The summed E-state index contributed by atoms with van der Waals surface area (Å²) < 4.78 is 24.1. The first-order valence-corrected chi connectivity index (χ1v) is 18.4. The van der Waals surface area contributed by atoms with Crippen LogP contribution in [0.25, 0.3) is 22.3 Å². The maximum Gasteiger partial charge on any atom is 0.415 e. The summed E-state index contributed by atoms with van der Waals surface area (Å²) in [4.78, 5) is 74.0. The molecule has 1 amide bonds. The molecule has 2 aromatic carbocycles. The van der Waals surface area contributed by atoms with Crippen LogP contribution in [-0.4, -0.2) is 87.3 Å². The predicted molar refractivity (Wildman–Crippen MR) is 193 cm³/mol. The molecule has 14 heteroatoms. The van der Waals surface area contributed by atoms with Crippen molar-refractivity contribution in [3.05, 3.63) is 87.2 Å². The summed E-state index contributed by atoms with van der Waals surface area (Å²) in [6, 6.07) is 14.8. The van der Waals surface area contributed by atoms with Crippen LogP contribution in [0.2, 0.25) is 0 Å². The Morgan fingerprint density at radius 2 is 1.69 bits per heavy atom. The molecule has 0 radical (unpaired) electrons. The summed E-state index contributed by atoms with van der Waals surface area (Å²) in [5.41, 5.74) is 0.590. The number of carbonyl (C=O) groups excluding carboxylic acids is 3. The number of rotatable bonds is 8. The number of hydrogen-bond donors (Lipinski definition) is 1. The van der Waals surface area contributed by atoms with E-state index in [0.717, 1.165) is 36.9 Å². The molecule has 0 aliphatic carbocycles. The molecule has 8 rings (SSSR count). The molecule has 4 aliphatic heterocycles. The Morgan fingerprint density at radius 1 is 0.944 bits per heavy atom. The molecule has 2 aromatic heterocycles. The molecule has 2 saturated heterocycles. The molecule has 0 spiro atoms. The summed E-state index contributed by atoms with van der Waals surface area (Å²) in [7, 11) is 0. The molecule has 1 N–H and O–H groups in total. The Labute approximate surface area is 310 Å². The minimum Gasteiger partial charge on any atom is -0.482 e. The number of ether oxygens (including phenoxy) is 4. The Balaban J connectivity index is 1.00. The Morgan fingerprint density at radius 3 is 2.41 bits per heavy atom. The van der Waals surface area contributed by atoms with Crippen LogP contribution in [0.4, 0.5) is 4.79 Å². The molecule has 4 aromatic rings. The SMILES string of the molecule is CCC1(OC(=O)COc2ccc(C(=O)O)cc2)C(=O)OCc2c1cc1n(c2=O)Cc2cc3cc(OC(=O)N4CCC(N5CCCCC5)CC4)ccc3nc2-1. The van der Waals surface area contributed by atoms with Crippen molar-refractivity contribution in [3.63, 3.8) is 0 Å². The number of amides is 1. The molecule has 0 saturated carbocycles. The molecule has 1 atom stereocenters. The lowest BCUT2D eigenvalue weighted by Gasteiger charge is -2.39. The zero-order valence-corrected chi connectivity index (χ0v) is 29.9. The lowest BCUT2D eigenvalue weighted by molar-refractivity contribution is -0.190. The minimum atomic E-state index is -1.91. The number of cyclic esters (lactones) is 1. The summed E-state index contributed by atoms with van der Waals surface area (Å²) in [5, 5.41) is 9.86. The minimum absolute atomic E-state index is 0.0171. The summed E-state index contributed by atoms with van der Waals surface area (Å²) in [5.74, 6) is -2.16.